The first-order valence-corrected chi connectivity index (χ1v) is 12.0. The molecule has 2 aromatic rings. The lowest BCUT2D eigenvalue weighted by Gasteiger charge is -2.43. The van der Waals surface area contributed by atoms with Crippen molar-refractivity contribution < 1.29 is 14.0 Å². The van der Waals surface area contributed by atoms with Gasteiger partial charge in [-0.25, -0.2) is 0 Å². The Labute approximate surface area is 171 Å². The Morgan fingerprint density at radius 3 is 1.89 bits per heavy atom. The fourth-order valence-corrected chi connectivity index (χ4v) is 8.49. The third-order valence-corrected chi connectivity index (χ3v) is 10.4. The van der Waals surface area contributed by atoms with E-state index in [1.807, 2.05) is 0 Å². The van der Waals surface area contributed by atoms with Gasteiger partial charge in [-0.15, -0.1) is 0 Å². The Balaban J connectivity index is 2.23. The molecule has 0 aromatic heterocycles. The lowest BCUT2D eigenvalue weighted by atomic mass is 10.0. The standard InChI is InChI=1S/C24H34O3Si/c1-20(19-23(25)26-5)13-12-18-27-28(24(2,3)4,21-14-8-6-9-15-21)22-16-10-7-11-17-22/h6-11,14-17,20H,12-13,18-19H2,1-5H3/t20-/m1/s1. The molecule has 2 rings (SSSR count). The normalized spacial score (nSPS) is 13.2. The second-order valence-electron chi connectivity index (χ2n) is 8.54. The molecule has 0 amide bonds. The van der Waals surface area contributed by atoms with Crippen molar-refractivity contribution >= 4 is 24.7 Å². The predicted octanol–water partition coefficient (Wildman–Crippen LogP) is 4.54. The molecule has 152 valence electrons. The Bertz CT molecular complexity index is 683. The molecule has 4 heteroatoms. The van der Waals surface area contributed by atoms with E-state index in [0.717, 1.165) is 12.8 Å². The molecule has 0 saturated carbocycles. The summed E-state index contributed by atoms with van der Waals surface area (Å²) < 4.78 is 11.6. The number of methoxy groups -OCH3 is 1. The van der Waals surface area contributed by atoms with Crippen LogP contribution in [0.5, 0.6) is 0 Å². The number of carbonyl (C=O) groups is 1. The lowest BCUT2D eigenvalue weighted by Crippen LogP contribution is -2.66. The number of esters is 1. The van der Waals surface area contributed by atoms with Gasteiger partial charge in [0.1, 0.15) is 0 Å². The molecule has 0 aliphatic carbocycles. The summed E-state index contributed by atoms with van der Waals surface area (Å²) in [6, 6.07) is 21.4. The average molecular weight is 399 g/mol. The topological polar surface area (TPSA) is 35.5 Å². The Hall–Kier alpha value is -1.91. The minimum atomic E-state index is -2.45. The highest BCUT2D eigenvalue weighted by molar-refractivity contribution is 6.99. The van der Waals surface area contributed by atoms with Crippen molar-refractivity contribution in [1.29, 1.82) is 0 Å². The highest BCUT2D eigenvalue weighted by atomic mass is 28.4. The van der Waals surface area contributed by atoms with E-state index in [0.29, 0.717) is 18.9 Å². The van der Waals surface area contributed by atoms with Crippen LogP contribution in [0.4, 0.5) is 0 Å². The third-order valence-electron chi connectivity index (χ3n) is 5.32. The Kier molecular flexibility index (Phi) is 8.02. The molecule has 0 radical (unpaired) electrons. The van der Waals surface area contributed by atoms with E-state index in [4.69, 9.17) is 9.16 Å². The summed E-state index contributed by atoms with van der Waals surface area (Å²) in [4.78, 5) is 11.5. The fraction of sp³-hybridized carbons (Fsp3) is 0.458. The minimum absolute atomic E-state index is 0.00661. The van der Waals surface area contributed by atoms with Gasteiger partial charge in [0.05, 0.1) is 7.11 Å². The molecule has 0 unspecified atom stereocenters. The largest absolute Gasteiger partial charge is 0.469 e. The van der Waals surface area contributed by atoms with E-state index in [1.165, 1.54) is 17.5 Å². The molecule has 1 atom stereocenters. The highest BCUT2D eigenvalue weighted by Crippen LogP contribution is 2.36. The molecule has 0 saturated heterocycles. The molecule has 0 fully saturated rings. The summed E-state index contributed by atoms with van der Waals surface area (Å²) in [7, 11) is -1.01. The van der Waals surface area contributed by atoms with Crippen LogP contribution in [0.25, 0.3) is 0 Å². The van der Waals surface area contributed by atoms with E-state index in [2.05, 4.69) is 88.4 Å². The summed E-state index contributed by atoms with van der Waals surface area (Å²) in [5, 5.41) is 2.60. The maximum absolute atomic E-state index is 11.5. The monoisotopic (exact) mass is 398 g/mol. The first-order valence-electron chi connectivity index (χ1n) is 10.1. The number of carbonyl (C=O) groups excluding carboxylic acids is 1. The van der Waals surface area contributed by atoms with Crippen LogP contribution in [0.2, 0.25) is 5.04 Å². The molecule has 0 spiro atoms. The molecule has 2 aromatic carbocycles. The van der Waals surface area contributed by atoms with Gasteiger partial charge in [-0.05, 0) is 34.2 Å². The number of ether oxygens (including phenoxy) is 1. The van der Waals surface area contributed by atoms with Crippen molar-refractivity contribution in [3.8, 4) is 0 Å². The number of hydrogen-bond acceptors (Lipinski definition) is 3. The second kappa shape index (κ2) is 10.0. The average Bonchev–Trinajstić information content (AvgIpc) is 2.68. The molecule has 0 aliphatic heterocycles. The summed E-state index contributed by atoms with van der Waals surface area (Å²) in [6.45, 7) is 9.66. The predicted molar refractivity (Wildman–Crippen MR) is 119 cm³/mol. The van der Waals surface area contributed by atoms with Gasteiger partial charge in [0.25, 0.3) is 8.32 Å². The maximum atomic E-state index is 11.5. The fourth-order valence-electron chi connectivity index (χ4n) is 3.89. The second-order valence-corrected chi connectivity index (χ2v) is 12.8. The smallest absolute Gasteiger partial charge is 0.305 e. The van der Waals surface area contributed by atoms with E-state index in [-0.39, 0.29) is 11.0 Å². The van der Waals surface area contributed by atoms with Gasteiger partial charge in [-0.1, -0.05) is 88.4 Å². The molecule has 28 heavy (non-hydrogen) atoms. The molecular formula is C24H34O3Si. The first kappa shape index (κ1) is 22.4. The van der Waals surface area contributed by atoms with Crippen molar-refractivity contribution in [3.05, 3.63) is 60.7 Å². The van der Waals surface area contributed by atoms with Crippen LogP contribution in [-0.2, 0) is 14.0 Å². The van der Waals surface area contributed by atoms with Crippen molar-refractivity contribution in [1.82, 2.24) is 0 Å². The third kappa shape index (κ3) is 5.33. The zero-order valence-electron chi connectivity index (χ0n) is 17.9. The highest BCUT2D eigenvalue weighted by Gasteiger charge is 2.49. The van der Waals surface area contributed by atoms with Crippen LogP contribution in [0.15, 0.2) is 60.7 Å². The maximum Gasteiger partial charge on any atom is 0.305 e. The van der Waals surface area contributed by atoms with Gasteiger partial charge in [-0.3, -0.25) is 4.79 Å². The minimum Gasteiger partial charge on any atom is -0.469 e. The number of hydrogen-bond donors (Lipinski definition) is 0. The number of rotatable bonds is 9. The molecule has 0 N–H and O–H groups in total. The molecule has 3 nitrogen and oxygen atoms in total. The van der Waals surface area contributed by atoms with Crippen LogP contribution < -0.4 is 10.4 Å². The van der Waals surface area contributed by atoms with Gasteiger partial charge in [0, 0.05) is 13.0 Å². The van der Waals surface area contributed by atoms with Gasteiger partial charge in [-0.2, -0.15) is 0 Å². The molecule has 0 bridgehead atoms. The summed E-state index contributed by atoms with van der Waals surface area (Å²) in [5.74, 6) is 0.163. The van der Waals surface area contributed by atoms with Gasteiger partial charge >= 0.3 is 5.97 Å². The van der Waals surface area contributed by atoms with E-state index >= 15 is 0 Å². The quantitative estimate of drug-likeness (QED) is 0.353. The van der Waals surface area contributed by atoms with Crippen molar-refractivity contribution in [3.63, 3.8) is 0 Å². The van der Waals surface area contributed by atoms with Crippen LogP contribution in [0.1, 0.15) is 47.0 Å². The Morgan fingerprint density at radius 1 is 0.964 bits per heavy atom. The van der Waals surface area contributed by atoms with Crippen molar-refractivity contribution in [2.75, 3.05) is 13.7 Å². The van der Waals surface area contributed by atoms with Crippen molar-refractivity contribution in [2.24, 2.45) is 5.92 Å². The summed E-state index contributed by atoms with van der Waals surface area (Å²) in [6.07, 6.45) is 2.35. The Morgan fingerprint density at radius 2 is 1.46 bits per heavy atom. The van der Waals surface area contributed by atoms with E-state index in [1.54, 1.807) is 0 Å². The summed E-state index contributed by atoms with van der Waals surface area (Å²) in [5.41, 5.74) is 0. The van der Waals surface area contributed by atoms with Crippen LogP contribution in [-0.4, -0.2) is 28.0 Å². The van der Waals surface area contributed by atoms with E-state index in [9.17, 15) is 4.79 Å². The zero-order valence-corrected chi connectivity index (χ0v) is 18.9. The van der Waals surface area contributed by atoms with Crippen LogP contribution >= 0.6 is 0 Å². The van der Waals surface area contributed by atoms with Crippen LogP contribution in [0.3, 0.4) is 0 Å². The SMILES string of the molecule is COC(=O)C[C@H](C)CCCO[Si](c1ccccc1)(c1ccccc1)C(C)(C)C. The molecule has 0 heterocycles. The molecular weight excluding hydrogens is 364 g/mol. The van der Waals surface area contributed by atoms with Crippen molar-refractivity contribution in [2.45, 2.75) is 52.0 Å². The van der Waals surface area contributed by atoms with Gasteiger partial charge in [0.2, 0.25) is 0 Å². The van der Waals surface area contributed by atoms with Crippen LogP contribution in [0, 0.1) is 5.92 Å². The zero-order chi connectivity index (χ0) is 20.6. The van der Waals surface area contributed by atoms with Gasteiger partial charge < -0.3 is 9.16 Å². The van der Waals surface area contributed by atoms with Gasteiger partial charge in [0.15, 0.2) is 0 Å². The first-order chi connectivity index (χ1) is 13.3. The molecule has 0 aliphatic rings. The lowest BCUT2D eigenvalue weighted by molar-refractivity contribution is -0.141. The van der Waals surface area contributed by atoms with E-state index < -0.39 is 8.32 Å². The number of benzene rings is 2. The summed E-state index contributed by atoms with van der Waals surface area (Å²) >= 11 is 0.